The minimum atomic E-state index is -0.414. The maximum atomic E-state index is 10.7. The maximum absolute atomic E-state index is 10.7. The monoisotopic (exact) mass is 276 g/mol. The lowest BCUT2D eigenvalue weighted by Crippen LogP contribution is -1.96. The quantitative estimate of drug-likeness (QED) is 0.483. The Hall–Kier alpha value is -0.620. The number of nitrogens with zero attached hydrogens (tertiary/aromatic N) is 2. The van der Waals surface area contributed by atoms with Gasteiger partial charge in [0.25, 0.3) is 0 Å². The first-order valence-corrected chi connectivity index (χ1v) is 5.64. The molecule has 1 heterocycles. The molecule has 0 aliphatic carbocycles. The van der Waals surface area contributed by atoms with Gasteiger partial charge < -0.3 is 0 Å². The highest BCUT2D eigenvalue weighted by Gasteiger charge is 2.17. The highest BCUT2D eigenvalue weighted by molar-refractivity contribution is 9.10. The molecule has 1 aromatic rings. The van der Waals surface area contributed by atoms with Crippen LogP contribution >= 0.6 is 27.7 Å². The van der Waals surface area contributed by atoms with E-state index in [1.54, 1.807) is 6.20 Å². The number of hydrogen-bond donors (Lipinski definition) is 0. The number of rotatable bonds is 3. The van der Waals surface area contributed by atoms with Gasteiger partial charge in [0.1, 0.15) is 0 Å². The van der Waals surface area contributed by atoms with Crippen molar-refractivity contribution in [2.24, 2.45) is 0 Å². The van der Waals surface area contributed by atoms with Crippen LogP contribution in [0.1, 0.15) is 13.8 Å². The van der Waals surface area contributed by atoms with Crippen molar-refractivity contribution >= 4 is 33.4 Å². The molecule has 0 saturated heterocycles. The maximum Gasteiger partial charge on any atom is 0.302 e. The molecule has 76 valence electrons. The molecule has 0 spiro atoms. The zero-order valence-electron chi connectivity index (χ0n) is 7.73. The topological polar surface area (TPSA) is 56.0 Å². The summed E-state index contributed by atoms with van der Waals surface area (Å²) in [4.78, 5) is 14.3. The van der Waals surface area contributed by atoms with Gasteiger partial charge in [-0.3, -0.25) is 10.1 Å². The summed E-state index contributed by atoms with van der Waals surface area (Å²) in [6.45, 7) is 3.94. The van der Waals surface area contributed by atoms with Crippen LogP contribution in [0.15, 0.2) is 21.8 Å². The van der Waals surface area contributed by atoms with Gasteiger partial charge in [0, 0.05) is 22.0 Å². The smallest absolute Gasteiger partial charge is 0.258 e. The molecule has 0 unspecified atom stereocenters. The van der Waals surface area contributed by atoms with Crippen molar-refractivity contribution in [3.63, 3.8) is 0 Å². The lowest BCUT2D eigenvalue weighted by atomic mass is 10.4. The standard InChI is InChI=1S/C8H9BrN2O2S/c1-5(2)14-8-7(11(12)13)3-6(9)4-10-8/h3-5H,1-2H3. The Morgan fingerprint density at radius 3 is 2.79 bits per heavy atom. The number of aromatic nitrogens is 1. The normalized spacial score (nSPS) is 10.6. The molecule has 0 N–H and O–H groups in total. The molecule has 0 atom stereocenters. The Morgan fingerprint density at radius 2 is 2.29 bits per heavy atom. The molecule has 0 saturated carbocycles. The molecule has 0 aliphatic rings. The highest BCUT2D eigenvalue weighted by Crippen LogP contribution is 2.31. The zero-order chi connectivity index (χ0) is 10.7. The highest BCUT2D eigenvalue weighted by atomic mass is 79.9. The van der Waals surface area contributed by atoms with Gasteiger partial charge in [0.2, 0.25) is 0 Å². The molecule has 0 amide bonds. The molecule has 6 heteroatoms. The molecule has 0 bridgehead atoms. The molecule has 0 aliphatic heterocycles. The Morgan fingerprint density at radius 1 is 1.64 bits per heavy atom. The molecule has 14 heavy (non-hydrogen) atoms. The summed E-state index contributed by atoms with van der Waals surface area (Å²) in [5.41, 5.74) is 0.0538. The molecule has 1 rings (SSSR count). The van der Waals surface area contributed by atoms with E-state index < -0.39 is 4.92 Å². The number of halogens is 1. The molecule has 0 radical (unpaired) electrons. The molecule has 0 aromatic carbocycles. The van der Waals surface area contributed by atoms with E-state index >= 15 is 0 Å². The van der Waals surface area contributed by atoms with Gasteiger partial charge in [-0.2, -0.15) is 0 Å². The molecular weight excluding hydrogens is 268 g/mol. The Balaban J connectivity index is 3.08. The number of nitro groups is 1. The first-order valence-electron chi connectivity index (χ1n) is 3.97. The minimum Gasteiger partial charge on any atom is -0.258 e. The SMILES string of the molecule is CC(C)Sc1ncc(Br)cc1[N+](=O)[O-]. The van der Waals surface area contributed by atoms with Crippen molar-refractivity contribution in [1.82, 2.24) is 4.98 Å². The lowest BCUT2D eigenvalue weighted by molar-refractivity contribution is -0.388. The summed E-state index contributed by atoms with van der Waals surface area (Å²) in [7, 11) is 0. The second-order valence-corrected chi connectivity index (χ2v) is 5.38. The van der Waals surface area contributed by atoms with Gasteiger partial charge in [0.05, 0.1) is 4.92 Å². The molecular formula is C8H9BrN2O2S. The van der Waals surface area contributed by atoms with Crippen LogP contribution in [0, 0.1) is 10.1 Å². The third-order valence-corrected chi connectivity index (χ3v) is 2.79. The first-order chi connectivity index (χ1) is 6.50. The number of hydrogen-bond acceptors (Lipinski definition) is 4. The summed E-state index contributed by atoms with van der Waals surface area (Å²) in [5.74, 6) is 0. The Bertz CT molecular complexity index is 357. The number of thioether (sulfide) groups is 1. The fourth-order valence-corrected chi connectivity index (χ4v) is 1.99. The van der Waals surface area contributed by atoms with Crippen molar-refractivity contribution in [3.8, 4) is 0 Å². The van der Waals surface area contributed by atoms with Gasteiger partial charge in [-0.05, 0) is 15.9 Å². The van der Waals surface area contributed by atoms with Crippen LogP contribution in [0.2, 0.25) is 0 Å². The second kappa shape index (κ2) is 4.75. The van der Waals surface area contributed by atoms with Gasteiger partial charge in [0.15, 0.2) is 5.03 Å². The van der Waals surface area contributed by atoms with Crippen LogP contribution in [0.5, 0.6) is 0 Å². The lowest BCUT2D eigenvalue weighted by Gasteiger charge is -2.04. The number of pyridine rings is 1. The van der Waals surface area contributed by atoms with Crippen molar-refractivity contribution in [2.75, 3.05) is 0 Å². The molecule has 4 nitrogen and oxygen atoms in total. The average molecular weight is 277 g/mol. The second-order valence-electron chi connectivity index (χ2n) is 2.90. The van der Waals surface area contributed by atoms with E-state index in [9.17, 15) is 10.1 Å². The van der Waals surface area contributed by atoms with Crippen LogP contribution in [-0.2, 0) is 0 Å². The van der Waals surface area contributed by atoms with Crippen molar-refractivity contribution in [1.29, 1.82) is 0 Å². The van der Waals surface area contributed by atoms with Gasteiger partial charge >= 0.3 is 5.69 Å². The van der Waals surface area contributed by atoms with Crippen molar-refractivity contribution in [3.05, 3.63) is 26.9 Å². The van der Waals surface area contributed by atoms with E-state index in [4.69, 9.17) is 0 Å². The van der Waals surface area contributed by atoms with E-state index in [1.165, 1.54) is 17.8 Å². The summed E-state index contributed by atoms with van der Waals surface area (Å²) in [5, 5.41) is 11.4. The van der Waals surface area contributed by atoms with Crippen LogP contribution < -0.4 is 0 Å². The van der Waals surface area contributed by atoms with Gasteiger partial charge in [-0.15, -0.1) is 0 Å². The largest absolute Gasteiger partial charge is 0.302 e. The fraction of sp³-hybridized carbons (Fsp3) is 0.375. The van der Waals surface area contributed by atoms with Crippen LogP contribution in [0.25, 0.3) is 0 Å². The summed E-state index contributed by atoms with van der Waals surface area (Å²) >= 11 is 4.54. The molecule has 1 aromatic heterocycles. The fourth-order valence-electron chi connectivity index (χ4n) is 0.861. The van der Waals surface area contributed by atoms with Gasteiger partial charge in [-0.25, -0.2) is 4.98 Å². The predicted octanol–water partition coefficient (Wildman–Crippen LogP) is 3.25. The predicted molar refractivity (Wildman–Crippen MR) is 59.6 cm³/mol. The van der Waals surface area contributed by atoms with Crippen LogP contribution in [0.3, 0.4) is 0 Å². The summed E-state index contributed by atoms with van der Waals surface area (Å²) in [6.07, 6.45) is 1.57. The minimum absolute atomic E-state index is 0.0538. The van der Waals surface area contributed by atoms with E-state index in [1.807, 2.05) is 13.8 Å². The zero-order valence-corrected chi connectivity index (χ0v) is 10.1. The van der Waals surface area contributed by atoms with E-state index in [-0.39, 0.29) is 10.9 Å². The first kappa shape index (κ1) is 11.5. The summed E-state index contributed by atoms with van der Waals surface area (Å²) < 4.78 is 0.623. The van der Waals surface area contributed by atoms with Gasteiger partial charge in [-0.1, -0.05) is 25.6 Å². The Labute approximate surface area is 94.4 Å². The van der Waals surface area contributed by atoms with Crippen molar-refractivity contribution < 1.29 is 4.92 Å². The average Bonchev–Trinajstić information content (AvgIpc) is 2.07. The third kappa shape index (κ3) is 2.95. The van der Waals surface area contributed by atoms with Crippen molar-refractivity contribution in [2.45, 2.75) is 24.1 Å². The van der Waals surface area contributed by atoms with Crippen LogP contribution in [0.4, 0.5) is 5.69 Å². The van der Waals surface area contributed by atoms with E-state index in [0.717, 1.165) is 0 Å². The molecule has 0 fully saturated rings. The van der Waals surface area contributed by atoms with E-state index in [2.05, 4.69) is 20.9 Å². The summed E-state index contributed by atoms with van der Waals surface area (Å²) in [6, 6.07) is 1.47. The van der Waals surface area contributed by atoms with E-state index in [0.29, 0.717) is 9.50 Å². The third-order valence-electron chi connectivity index (χ3n) is 1.34. The Kier molecular flexibility index (Phi) is 3.88. The van der Waals surface area contributed by atoms with Crippen LogP contribution in [-0.4, -0.2) is 15.2 Å².